The van der Waals surface area contributed by atoms with Crippen molar-refractivity contribution in [2.45, 2.75) is 32.5 Å². The number of hydrogen-bond acceptors (Lipinski definition) is 3. The van der Waals surface area contributed by atoms with Crippen LogP contribution in [0.4, 0.5) is 5.69 Å². The lowest BCUT2D eigenvalue weighted by molar-refractivity contribution is 0.0748. The third-order valence-electron chi connectivity index (χ3n) is 2.37. The molecule has 2 N–H and O–H groups in total. The molecule has 3 heteroatoms. The molecule has 0 heterocycles. The quantitative estimate of drug-likeness (QED) is 0.778. The highest BCUT2D eigenvalue weighted by Gasteiger charge is 2.11. The molecule has 16 heavy (non-hydrogen) atoms. The Morgan fingerprint density at radius 3 is 2.62 bits per heavy atom. The molecule has 1 rings (SSSR count). The molecule has 0 aliphatic heterocycles. The summed E-state index contributed by atoms with van der Waals surface area (Å²) in [5.41, 5.74) is 1.60. The molecule has 0 radical (unpaired) electrons. The van der Waals surface area contributed by atoms with Gasteiger partial charge in [0.05, 0.1) is 12.2 Å². The van der Waals surface area contributed by atoms with E-state index < -0.39 is 5.60 Å². The van der Waals surface area contributed by atoms with E-state index in [0.717, 1.165) is 17.8 Å². The molecule has 0 bridgehead atoms. The molecule has 0 fully saturated rings. The van der Waals surface area contributed by atoms with Crippen molar-refractivity contribution in [2.24, 2.45) is 0 Å². The molecule has 0 atom stereocenters. The normalized spacial score (nSPS) is 11.5. The molecule has 1 aromatic rings. The van der Waals surface area contributed by atoms with Gasteiger partial charge in [-0.15, -0.1) is 0 Å². The van der Waals surface area contributed by atoms with E-state index in [4.69, 9.17) is 4.74 Å². The molecule has 0 saturated carbocycles. The van der Waals surface area contributed by atoms with Gasteiger partial charge in [0.2, 0.25) is 0 Å². The second kappa shape index (κ2) is 5.87. The van der Waals surface area contributed by atoms with Crippen LogP contribution in [0.5, 0.6) is 0 Å². The van der Waals surface area contributed by atoms with Gasteiger partial charge >= 0.3 is 0 Å². The Kier molecular flexibility index (Phi) is 4.77. The van der Waals surface area contributed by atoms with E-state index in [-0.39, 0.29) is 0 Å². The standard InChI is InChI=1S/C13H21NO2/c1-13(2,15)8-9-14-12-7-5-4-6-11(12)10-16-3/h4-7,14-15H,8-10H2,1-3H3. The minimum absolute atomic E-state index is 0.603. The monoisotopic (exact) mass is 223 g/mol. The fraction of sp³-hybridized carbons (Fsp3) is 0.538. The van der Waals surface area contributed by atoms with E-state index in [0.29, 0.717) is 13.0 Å². The predicted octanol–water partition coefficient (Wildman–Crippen LogP) is 2.41. The predicted molar refractivity (Wildman–Crippen MR) is 66.6 cm³/mol. The zero-order chi connectivity index (χ0) is 12.0. The number of rotatable bonds is 6. The number of ether oxygens (including phenoxy) is 1. The van der Waals surface area contributed by atoms with E-state index in [1.165, 1.54) is 0 Å². The van der Waals surface area contributed by atoms with Gasteiger partial charge in [0.15, 0.2) is 0 Å². The first-order valence-corrected chi connectivity index (χ1v) is 5.56. The van der Waals surface area contributed by atoms with Crippen LogP contribution >= 0.6 is 0 Å². The number of benzene rings is 1. The van der Waals surface area contributed by atoms with Crippen LogP contribution in [0.3, 0.4) is 0 Å². The Bertz CT molecular complexity index is 318. The van der Waals surface area contributed by atoms with Crippen LogP contribution in [0.25, 0.3) is 0 Å². The van der Waals surface area contributed by atoms with Gasteiger partial charge in [-0.2, -0.15) is 0 Å². The number of nitrogens with one attached hydrogen (secondary N) is 1. The number of para-hydroxylation sites is 1. The largest absolute Gasteiger partial charge is 0.390 e. The second-order valence-electron chi connectivity index (χ2n) is 4.58. The van der Waals surface area contributed by atoms with Crippen LogP contribution in [-0.2, 0) is 11.3 Å². The van der Waals surface area contributed by atoms with Crippen molar-refractivity contribution in [1.82, 2.24) is 0 Å². The maximum Gasteiger partial charge on any atom is 0.0733 e. The molecule has 0 aliphatic carbocycles. The summed E-state index contributed by atoms with van der Waals surface area (Å²) >= 11 is 0. The Balaban J connectivity index is 2.52. The molecule has 90 valence electrons. The van der Waals surface area contributed by atoms with Crippen LogP contribution < -0.4 is 5.32 Å². The van der Waals surface area contributed by atoms with Crippen molar-refractivity contribution in [1.29, 1.82) is 0 Å². The first kappa shape index (κ1) is 13.0. The zero-order valence-electron chi connectivity index (χ0n) is 10.3. The van der Waals surface area contributed by atoms with Crippen LogP contribution in [0.15, 0.2) is 24.3 Å². The third kappa shape index (κ3) is 4.64. The highest BCUT2D eigenvalue weighted by Crippen LogP contribution is 2.16. The van der Waals surface area contributed by atoms with Crippen molar-refractivity contribution >= 4 is 5.69 Å². The summed E-state index contributed by atoms with van der Waals surface area (Å²) in [6, 6.07) is 8.05. The molecule has 0 spiro atoms. The van der Waals surface area contributed by atoms with Crippen LogP contribution in [0.1, 0.15) is 25.8 Å². The van der Waals surface area contributed by atoms with Gasteiger partial charge in [-0.3, -0.25) is 0 Å². The smallest absolute Gasteiger partial charge is 0.0733 e. The lowest BCUT2D eigenvalue weighted by atomic mass is 10.1. The summed E-state index contributed by atoms with van der Waals surface area (Å²) in [6.45, 7) is 4.99. The maximum absolute atomic E-state index is 9.60. The molecular formula is C13H21NO2. The van der Waals surface area contributed by atoms with Crippen molar-refractivity contribution in [3.05, 3.63) is 29.8 Å². The van der Waals surface area contributed by atoms with Crippen molar-refractivity contribution in [3.8, 4) is 0 Å². The van der Waals surface area contributed by atoms with Gasteiger partial charge in [0.25, 0.3) is 0 Å². The molecule has 1 aromatic carbocycles. The molecule has 0 aromatic heterocycles. The summed E-state index contributed by atoms with van der Waals surface area (Å²) in [5.74, 6) is 0. The lowest BCUT2D eigenvalue weighted by Crippen LogP contribution is -2.22. The Morgan fingerprint density at radius 1 is 1.31 bits per heavy atom. The second-order valence-corrected chi connectivity index (χ2v) is 4.58. The number of aliphatic hydroxyl groups is 1. The molecule has 0 saturated heterocycles. The van der Waals surface area contributed by atoms with Gasteiger partial charge in [-0.05, 0) is 26.3 Å². The maximum atomic E-state index is 9.60. The summed E-state index contributed by atoms with van der Waals surface area (Å²) in [7, 11) is 1.69. The average Bonchev–Trinajstić information content (AvgIpc) is 2.19. The number of anilines is 1. The van der Waals surface area contributed by atoms with Crippen molar-refractivity contribution < 1.29 is 9.84 Å². The van der Waals surface area contributed by atoms with Gasteiger partial charge < -0.3 is 15.2 Å². The summed E-state index contributed by atoms with van der Waals surface area (Å²) in [4.78, 5) is 0. The molecular weight excluding hydrogens is 202 g/mol. The summed E-state index contributed by atoms with van der Waals surface area (Å²) in [5, 5.41) is 12.9. The van der Waals surface area contributed by atoms with E-state index >= 15 is 0 Å². The SMILES string of the molecule is COCc1ccccc1NCCC(C)(C)O. The van der Waals surface area contributed by atoms with E-state index in [2.05, 4.69) is 5.32 Å². The highest BCUT2D eigenvalue weighted by molar-refractivity contribution is 5.50. The van der Waals surface area contributed by atoms with Crippen LogP contribution in [0.2, 0.25) is 0 Å². The number of methoxy groups -OCH3 is 1. The Morgan fingerprint density at radius 2 is 2.00 bits per heavy atom. The highest BCUT2D eigenvalue weighted by atomic mass is 16.5. The topological polar surface area (TPSA) is 41.5 Å². The first-order chi connectivity index (χ1) is 7.53. The van der Waals surface area contributed by atoms with E-state index in [1.54, 1.807) is 7.11 Å². The first-order valence-electron chi connectivity index (χ1n) is 5.56. The van der Waals surface area contributed by atoms with E-state index in [9.17, 15) is 5.11 Å². The zero-order valence-corrected chi connectivity index (χ0v) is 10.3. The van der Waals surface area contributed by atoms with Crippen molar-refractivity contribution in [3.63, 3.8) is 0 Å². The lowest BCUT2D eigenvalue weighted by Gasteiger charge is -2.18. The average molecular weight is 223 g/mol. The van der Waals surface area contributed by atoms with Crippen molar-refractivity contribution in [2.75, 3.05) is 19.0 Å². The fourth-order valence-corrected chi connectivity index (χ4v) is 1.48. The fourth-order valence-electron chi connectivity index (χ4n) is 1.48. The summed E-state index contributed by atoms with van der Waals surface area (Å²) < 4.78 is 5.13. The molecule has 0 unspecified atom stereocenters. The van der Waals surface area contributed by atoms with Crippen LogP contribution in [0, 0.1) is 0 Å². The van der Waals surface area contributed by atoms with Gasteiger partial charge in [-0.25, -0.2) is 0 Å². The summed E-state index contributed by atoms with van der Waals surface area (Å²) in [6.07, 6.45) is 0.717. The Hall–Kier alpha value is -1.06. The van der Waals surface area contributed by atoms with Gasteiger partial charge in [-0.1, -0.05) is 18.2 Å². The third-order valence-corrected chi connectivity index (χ3v) is 2.37. The molecule has 3 nitrogen and oxygen atoms in total. The van der Waals surface area contributed by atoms with Gasteiger partial charge in [0, 0.05) is 24.9 Å². The van der Waals surface area contributed by atoms with Crippen LogP contribution in [-0.4, -0.2) is 24.4 Å². The number of hydrogen-bond donors (Lipinski definition) is 2. The van der Waals surface area contributed by atoms with Gasteiger partial charge in [0.1, 0.15) is 0 Å². The molecule has 0 aliphatic rings. The minimum Gasteiger partial charge on any atom is -0.390 e. The van der Waals surface area contributed by atoms with E-state index in [1.807, 2.05) is 38.1 Å². The minimum atomic E-state index is -0.622. The Labute approximate surface area is 97.4 Å². The molecule has 0 amide bonds.